The Bertz CT molecular complexity index is 156. The van der Waals surface area contributed by atoms with Gasteiger partial charge in [-0.2, -0.15) is 0 Å². The van der Waals surface area contributed by atoms with Crippen molar-refractivity contribution < 1.29 is 0 Å². The summed E-state index contributed by atoms with van der Waals surface area (Å²) in [7, 11) is 0. The monoisotopic (exact) mass is 153 g/mol. The topological polar surface area (TPSA) is 26.0 Å². The van der Waals surface area contributed by atoms with Gasteiger partial charge in [0.15, 0.2) is 0 Å². The van der Waals surface area contributed by atoms with Crippen LogP contribution in [0.2, 0.25) is 0 Å². The van der Waals surface area contributed by atoms with Gasteiger partial charge in [-0.05, 0) is 36.0 Å². The summed E-state index contributed by atoms with van der Waals surface area (Å²) < 4.78 is 0. The number of nitrogens with two attached hydrogens (primary N) is 1. The van der Waals surface area contributed by atoms with Crippen molar-refractivity contribution in [3.8, 4) is 0 Å². The normalized spacial score (nSPS) is 53.5. The first-order chi connectivity index (χ1) is 5.03. The SMILES string of the molecule is C[C@@H]1C[C@@H]2[C@H](C[C@@H]1N)C2(C)C. The van der Waals surface area contributed by atoms with E-state index in [0.717, 1.165) is 17.8 Å². The maximum atomic E-state index is 6.02. The molecule has 0 spiro atoms. The van der Waals surface area contributed by atoms with Crippen molar-refractivity contribution in [2.45, 2.75) is 39.7 Å². The molecule has 1 nitrogen and oxygen atoms in total. The van der Waals surface area contributed by atoms with Crippen LogP contribution in [0.25, 0.3) is 0 Å². The molecule has 1 heteroatoms. The first-order valence-corrected chi connectivity index (χ1v) is 4.79. The van der Waals surface area contributed by atoms with E-state index in [2.05, 4.69) is 20.8 Å². The molecule has 0 heterocycles. The fourth-order valence-electron chi connectivity index (χ4n) is 2.89. The molecule has 0 saturated heterocycles. The summed E-state index contributed by atoms with van der Waals surface area (Å²) in [5.41, 5.74) is 6.64. The smallest absolute Gasteiger partial charge is 0.00675 e. The van der Waals surface area contributed by atoms with Crippen molar-refractivity contribution >= 4 is 0 Å². The van der Waals surface area contributed by atoms with E-state index >= 15 is 0 Å². The van der Waals surface area contributed by atoms with Gasteiger partial charge in [0, 0.05) is 6.04 Å². The predicted octanol–water partition coefficient (Wildman–Crippen LogP) is 2.02. The zero-order valence-corrected chi connectivity index (χ0v) is 7.80. The van der Waals surface area contributed by atoms with Crippen LogP contribution in [0.5, 0.6) is 0 Å². The van der Waals surface area contributed by atoms with Crippen molar-refractivity contribution in [2.24, 2.45) is 28.9 Å². The van der Waals surface area contributed by atoms with Gasteiger partial charge in [0.25, 0.3) is 0 Å². The molecule has 64 valence electrons. The number of hydrogen-bond donors (Lipinski definition) is 1. The Balaban J connectivity index is 2.07. The van der Waals surface area contributed by atoms with E-state index in [1.165, 1.54) is 12.8 Å². The van der Waals surface area contributed by atoms with E-state index in [0.29, 0.717) is 11.5 Å². The molecule has 0 aromatic rings. The van der Waals surface area contributed by atoms with E-state index in [4.69, 9.17) is 5.73 Å². The van der Waals surface area contributed by atoms with E-state index in [1.807, 2.05) is 0 Å². The third-order valence-electron chi connectivity index (χ3n) is 4.17. The van der Waals surface area contributed by atoms with E-state index in [-0.39, 0.29) is 0 Å². The molecule has 0 bridgehead atoms. The molecular weight excluding hydrogens is 134 g/mol. The zero-order valence-electron chi connectivity index (χ0n) is 7.80. The van der Waals surface area contributed by atoms with E-state index in [1.54, 1.807) is 0 Å². The molecule has 4 atom stereocenters. The van der Waals surface area contributed by atoms with Gasteiger partial charge in [0.1, 0.15) is 0 Å². The quantitative estimate of drug-likeness (QED) is 0.566. The minimum atomic E-state index is 0.484. The summed E-state index contributed by atoms with van der Waals surface area (Å²) >= 11 is 0. The van der Waals surface area contributed by atoms with Crippen LogP contribution in [0.3, 0.4) is 0 Å². The van der Waals surface area contributed by atoms with Crippen molar-refractivity contribution in [1.82, 2.24) is 0 Å². The highest BCUT2D eigenvalue weighted by Crippen LogP contribution is 2.65. The molecule has 0 aliphatic heterocycles. The van der Waals surface area contributed by atoms with Crippen LogP contribution in [-0.2, 0) is 0 Å². The Kier molecular flexibility index (Phi) is 1.39. The lowest BCUT2D eigenvalue weighted by molar-refractivity contribution is 0.317. The second-order valence-electron chi connectivity index (χ2n) is 5.15. The summed E-state index contributed by atoms with van der Waals surface area (Å²) in [5, 5.41) is 0. The summed E-state index contributed by atoms with van der Waals surface area (Å²) in [5.74, 6) is 2.71. The molecule has 2 rings (SSSR count). The van der Waals surface area contributed by atoms with Crippen molar-refractivity contribution in [2.75, 3.05) is 0 Å². The highest BCUT2D eigenvalue weighted by atomic mass is 14.7. The van der Waals surface area contributed by atoms with Crippen molar-refractivity contribution in [1.29, 1.82) is 0 Å². The lowest BCUT2D eigenvalue weighted by Gasteiger charge is -2.23. The van der Waals surface area contributed by atoms with Gasteiger partial charge in [-0.15, -0.1) is 0 Å². The molecule has 0 aromatic carbocycles. The van der Waals surface area contributed by atoms with Crippen LogP contribution in [-0.4, -0.2) is 6.04 Å². The van der Waals surface area contributed by atoms with E-state index < -0.39 is 0 Å². The van der Waals surface area contributed by atoms with Crippen molar-refractivity contribution in [3.05, 3.63) is 0 Å². The Morgan fingerprint density at radius 2 is 1.73 bits per heavy atom. The van der Waals surface area contributed by atoms with Gasteiger partial charge in [-0.1, -0.05) is 20.8 Å². The van der Waals surface area contributed by atoms with Gasteiger partial charge >= 0.3 is 0 Å². The molecule has 2 aliphatic carbocycles. The van der Waals surface area contributed by atoms with Crippen LogP contribution in [0.15, 0.2) is 0 Å². The minimum absolute atomic E-state index is 0.484. The molecule has 2 saturated carbocycles. The van der Waals surface area contributed by atoms with Crippen LogP contribution >= 0.6 is 0 Å². The summed E-state index contributed by atoms with van der Waals surface area (Å²) in [6, 6.07) is 0.484. The fraction of sp³-hybridized carbons (Fsp3) is 1.00. The molecule has 0 amide bonds. The molecule has 2 aliphatic rings. The molecule has 2 fully saturated rings. The van der Waals surface area contributed by atoms with Crippen molar-refractivity contribution in [3.63, 3.8) is 0 Å². The maximum absolute atomic E-state index is 6.02. The Hall–Kier alpha value is -0.0400. The molecule has 0 unspecified atom stereocenters. The molecule has 0 radical (unpaired) electrons. The van der Waals surface area contributed by atoms with Gasteiger partial charge in [-0.3, -0.25) is 0 Å². The number of hydrogen-bond acceptors (Lipinski definition) is 1. The van der Waals surface area contributed by atoms with Gasteiger partial charge < -0.3 is 5.73 Å². The average molecular weight is 153 g/mol. The van der Waals surface area contributed by atoms with Crippen LogP contribution in [0.4, 0.5) is 0 Å². The van der Waals surface area contributed by atoms with Crippen LogP contribution in [0, 0.1) is 23.2 Å². The Labute approximate surface area is 69.4 Å². The second kappa shape index (κ2) is 2.01. The maximum Gasteiger partial charge on any atom is 0.00675 e. The predicted molar refractivity (Wildman–Crippen MR) is 47.1 cm³/mol. The third-order valence-corrected chi connectivity index (χ3v) is 4.17. The average Bonchev–Trinajstić information content (AvgIpc) is 2.39. The first kappa shape index (κ1) is 7.60. The first-order valence-electron chi connectivity index (χ1n) is 4.79. The summed E-state index contributed by atoms with van der Waals surface area (Å²) in [4.78, 5) is 0. The fourth-order valence-corrected chi connectivity index (χ4v) is 2.89. The zero-order chi connectivity index (χ0) is 8.22. The Morgan fingerprint density at radius 1 is 1.18 bits per heavy atom. The van der Waals surface area contributed by atoms with Crippen LogP contribution < -0.4 is 5.73 Å². The second-order valence-corrected chi connectivity index (χ2v) is 5.15. The van der Waals surface area contributed by atoms with E-state index in [9.17, 15) is 0 Å². The lowest BCUT2D eigenvalue weighted by Crippen LogP contribution is -2.32. The molecular formula is C10H19N. The summed E-state index contributed by atoms with van der Waals surface area (Å²) in [6.45, 7) is 7.09. The molecule has 2 N–H and O–H groups in total. The highest BCUT2D eigenvalue weighted by molar-refractivity contribution is 5.09. The number of rotatable bonds is 0. The van der Waals surface area contributed by atoms with Gasteiger partial charge in [0.05, 0.1) is 0 Å². The molecule has 11 heavy (non-hydrogen) atoms. The Morgan fingerprint density at radius 3 is 2.27 bits per heavy atom. The lowest BCUT2D eigenvalue weighted by atomic mass is 9.87. The minimum Gasteiger partial charge on any atom is -0.327 e. The molecule has 0 aromatic heterocycles. The largest absolute Gasteiger partial charge is 0.327 e. The van der Waals surface area contributed by atoms with Gasteiger partial charge in [0.2, 0.25) is 0 Å². The number of fused-ring (bicyclic) bond motifs is 1. The standard InChI is InChI=1S/C10H19N/c1-6-4-7-8(5-9(6)11)10(7,2)3/h6-9H,4-5,11H2,1-3H3/t6-,7-,8+,9+/m1/s1. The summed E-state index contributed by atoms with van der Waals surface area (Å²) in [6.07, 6.45) is 2.65. The highest BCUT2D eigenvalue weighted by Gasteiger charge is 2.59. The van der Waals surface area contributed by atoms with Crippen LogP contribution in [0.1, 0.15) is 33.6 Å². The van der Waals surface area contributed by atoms with Gasteiger partial charge in [-0.25, -0.2) is 0 Å². The third kappa shape index (κ3) is 0.936.